The first-order valence-electron chi connectivity index (χ1n) is 5.09. The minimum Gasteiger partial charge on any atom is -0.270 e. The van der Waals surface area contributed by atoms with Crippen LogP contribution < -0.4 is 0 Å². The highest BCUT2D eigenvalue weighted by molar-refractivity contribution is 9.10. The summed E-state index contributed by atoms with van der Waals surface area (Å²) >= 11 is 4.57. The van der Waals surface area contributed by atoms with E-state index in [0.717, 1.165) is 10.2 Å². The third kappa shape index (κ3) is 2.51. The number of nitrogens with zero attached hydrogens (tertiary/aromatic N) is 3. The molecule has 0 atom stereocenters. The Morgan fingerprint density at radius 2 is 2.28 bits per heavy atom. The number of thiophene rings is 1. The van der Waals surface area contributed by atoms with Crippen LogP contribution in [0, 0.1) is 0 Å². The third-order valence-corrected chi connectivity index (χ3v) is 6.38. The molecular weight excluding hydrogens is 338 g/mol. The predicted molar refractivity (Wildman–Crippen MR) is 73.9 cm³/mol. The van der Waals surface area contributed by atoms with E-state index in [4.69, 9.17) is 0 Å². The van der Waals surface area contributed by atoms with Crippen LogP contribution in [0.3, 0.4) is 0 Å². The van der Waals surface area contributed by atoms with Gasteiger partial charge in [-0.3, -0.25) is 4.68 Å². The molecule has 0 spiro atoms. The second-order valence-electron chi connectivity index (χ2n) is 3.76. The lowest BCUT2D eigenvalue weighted by atomic mass is 10.4. The van der Waals surface area contributed by atoms with Crippen LogP contribution in [0.2, 0.25) is 0 Å². The van der Waals surface area contributed by atoms with Gasteiger partial charge < -0.3 is 0 Å². The smallest absolute Gasteiger partial charge is 0.252 e. The maximum absolute atomic E-state index is 12.2. The first kappa shape index (κ1) is 13.7. The molecule has 0 aliphatic carbocycles. The van der Waals surface area contributed by atoms with Crippen molar-refractivity contribution in [2.45, 2.75) is 10.8 Å². The molecule has 0 fully saturated rings. The lowest BCUT2D eigenvalue weighted by Crippen LogP contribution is -2.27. The van der Waals surface area contributed by atoms with Gasteiger partial charge in [0.05, 0.1) is 22.9 Å². The third-order valence-electron chi connectivity index (χ3n) is 2.54. The van der Waals surface area contributed by atoms with Gasteiger partial charge in [-0.2, -0.15) is 9.40 Å². The van der Waals surface area contributed by atoms with E-state index in [9.17, 15) is 8.42 Å². The lowest BCUT2D eigenvalue weighted by Gasteiger charge is -2.16. The van der Waals surface area contributed by atoms with Crippen molar-refractivity contribution in [2.24, 2.45) is 7.05 Å². The zero-order valence-electron chi connectivity index (χ0n) is 9.87. The van der Waals surface area contributed by atoms with E-state index in [1.54, 1.807) is 42.5 Å². The highest BCUT2D eigenvalue weighted by Crippen LogP contribution is 2.23. The summed E-state index contributed by atoms with van der Waals surface area (Å²) in [7, 11) is -0.0679. The van der Waals surface area contributed by atoms with Crippen molar-refractivity contribution in [1.82, 2.24) is 14.1 Å². The number of hydrogen-bond donors (Lipinski definition) is 0. The van der Waals surface area contributed by atoms with Crippen molar-refractivity contribution in [3.8, 4) is 0 Å². The topological polar surface area (TPSA) is 55.2 Å². The first-order valence-corrected chi connectivity index (χ1v) is 8.20. The molecule has 0 aliphatic heterocycles. The minimum atomic E-state index is -3.42. The van der Waals surface area contributed by atoms with Gasteiger partial charge in [-0.25, -0.2) is 8.42 Å². The van der Waals surface area contributed by atoms with Crippen LogP contribution in [0.15, 0.2) is 32.4 Å². The molecule has 2 aromatic rings. The van der Waals surface area contributed by atoms with Gasteiger partial charge in [0.15, 0.2) is 0 Å². The van der Waals surface area contributed by atoms with Crippen LogP contribution in [0.5, 0.6) is 0 Å². The Morgan fingerprint density at radius 3 is 2.78 bits per heavy atom. The standard InChI is InChI=1S/C10H12BrN3O2S2/c1-13(7-9-8(11)6-12-14(9)2)18(15,16)10-4-3-5-17-10/h3-6H,7H2,1-2H3. The number of aromatic nitrogens is 2. The Hall–Kier alpha value is -0.700. The molecule has 0 saturated heterocycles. The average Bonchev–Trinajstić information content (AvgIpc) is 2.94. The molecular formula is C10H12BrN3O2S2. The van der Waals surface area contributed by atoms with Gasteiger partial charge in [0.25, 0.3) is 10.0 Å². The fourth-order valence-electron chi connectivity index (χ4n) is 1.47. The zero-order chi connectivity index (χ0) is 13.3. The van der Waals surface area contributed by atoms with Gasteiger partial charge in [0.1, 0.15) is 4.21 Å². The summed E-state index contributed by atoms with van der Waals surface area (Å²) in [6, 6.07) is 3.33. The Kier molecular flexibility index (Phi) is 3.90. The summed E-state index contributed by atoms with van der Waals surface area (Å²) in [6.07, 6.45) is 1.65. The highest BCUT2D eigenvalue weighted by atomic mass is 79.9. The fraction of sp³-hybridized carbons (Fsp3) is 0.300. The molecule has 2 heterocycles. The van der Waals surface area contributed by atoms with Crippen LogP contribution in [0.4, 0.5) is 0 Å². The monoisotopic (exact) mass is 349 g/mol. The first-order chi connectivity index (χ1) is 8.43. The largest absolute Gasteiger partial charge is 0.270 e. The van der Waals surface area contributed by atoms with Crippen LogP contribution >= 0.6 is 27.3 Å². The van der Waals surface area contributed by atoms with E-state index in [0.29, 0.717) is 4.21 Å². The van der Waals surface area contributed by atoms with E-state index >= 15 is 0 Å². The van der Waals surface area contributed by atoms with Gasteiger partial charge in [-0.1, -0.05) is 6.07 Å². The van der Waals surface area contributed by atoms with E-state index < -0.39 is 10.0 Å². The number of sulfonamides is 1. The maximum Gasteiger partial charge on any atom is 0.252 e. The van der Waals surface area contributed by atoms with Crippen molar-refractivity contribution in [2.75, 3.05) is 7.05 Å². The maximum atomic E-state index is 12.2. The Bertz CT molecular complexity index is 615. The second-order valence-corrected chi connectivity index (χ2v) is 7.83. The molecule has 0 radical (unpaired) electrons. The fourth-order valence-corrected chi connectivity index (χ4v) is 4.28. The van der Waals surface area contributed by atoms with Crippen LogP contribution in [0.1, 0.15) is 5.69 Å². The summed E-state index contributed by atoms with van der Waals surface area (Å²) in [4.78, 5) is 0. The molecule has 2 aromatic heterocycles. The van der Waals surface area contributed by atoms with Crippen LogP contribution in [0.25, 0.3) is 0 Å². The molecule has 5 nitrogen and oxygen atoms in total. The Morgan fingerprint density at radius 1 is 1.56 bits per heavy atom. The second kappa shape index (κ2) is 5.12. The zero-order valence-corrected chi connectivity index (χ0v) is 13.1. The van der Waals surface area contributed by atoms with Crippen molar-refractivity contribution in [1.29, 1.82) is 0 Å². The van der Waals surface area contributed by atoms with Gasteiger partial charge in [0, 0.05) is 14.1 Å². The summed E-state index contributed by atoms with van der Waals surface area (Å²) in [5.41, 5.74) is 0.817. The SMILES string of the molecule is CN(Cc1c(Br)cnn1C)S(=O)(=O)c1cccs1. The van der Waals surface area contributed by atoms with Gasteiger partial charge in [-0.15, -0.1) is 11.3 Å². The molecule has 0 bridgehead atoms. The quantitative estimate of drug-likeness (QED) is 0.848. The Labute approximate surface area is 118 Å². The predicted octanol–water partition coefficient (Wildman–Crippen LogP) is 2.06. The molecule has 8 heteroatoms. The lowest BCUT2D eigenvalue weighted by molar-refractivity contribution is 0.453. The molecule has 18 heavy (non-hydrogen) atoms. The van der Waals surface area contributed by atoms with E-state index in [-0.39, 0.29) is 6.54 Å². The molecule has 0 aliphatic rings. The average molecular weight is 350 g/mol. The highest BCUT2D eigenvalue weighted by Gasteiger charge is 2.23. The summed E-state index contributed by atoms with van der Waals surface area (Å²) in [5, 5.41) is 5.82. The van der Waals surface area contributed by atoms with Crippen LogP contribution in [-0.2, 0) is 23.6 Å². The van der Waals surface area contributed by atoms with Gasteiger partial charge in [-0.05, 0) is 27.4 Å². The van der Waals surface area contributed by atoms with Gasteiger partial charge in [0.2, 0.25) is 0 Å². The summed E-state index contributed by atoms with van der Waals surface area (Å²) in [6.45, 7) is 0.275. The van der Waals surface area contributed by atoms with E-state index in [1.807, 2.05) is 0 Å². The summed E-state index contributed by atoms with van der Waals surface area (Å²) in [5.74, 6) is 0. The Balaban J connectivity index is 2.26. The molecule has 0 N–H and O–H groups in total. The molecule has 0 unspecified atom stereocenters. The van der Waals surface area contributed by atoms with Crippen molar-refractivity contribution >= 4 is 37.3 Å². The van der Waals surface area contributed by atoms with E-state index in [2.05, 4.69) is 21.0 Å². The molecule has 0 aromatic carbocycles. The van der Waals surface area contributed by atoms with Crippen molar-refractivity contribution in [3.05, 3.63) is 33.9 Å². The minimum absolute atomic E-state index is 0.275. The van der Waals surface area contributed by atoms with Gasteiger partial charge >= 0.3 is 0 Å². The summed E-state index contributed by atoms with van der Waals surface area (Å²) < 4.78 is 28.6. The van der Waals surface area contributed by atoms with Crippen molar-refractivity contribution < 1.29 is 8.42 Å². The number of aryl methyl sites for hydroxylation is 1. The molecule has 0 amide bonds. The normalized spacial score (nSPS) is 12.2. The molecule has 2 rings (SSSR count). The number of rotatable bonds is 4. The molecule has 0 saturated carbocycles. The van der Waals surface area contributed by atoms with E-state index in [1.165, 1.54) is 15.6 Å². The van der Waals surface area contributed by atoms with Crippen molar-refractivity contribution in [3.63, 3.8) is 0 Å². The van der Waals surface area contributed by atoms with Crippen LogP contribution in [-0.4, -0.2) is 29.6 Å². The number of hydrogen-bond acceptors (Lipinski definition) is 4. The molecule has 98 valence electrons. The number of halogens is 1.